The highest BCUT2D eigenvalue weighted by Gasteiger charge is 2.25. The Hall–Kier alpha value is -1.37. The number of rotatable bonds is 6. The molecule has 108 valence electrons. The van der Waals surface area contributed by atoms with Gasteiger partial charge in [0.05, 0.1) is 0 Å². The van der Waals surface area contributed by atoms with E-state index in [0.717, 1.165) is 12.0 Å². The highest BCUT2D eigenvalue weighted by molar-refractivity contribution is 7.91. The van der Waals surface area contributed by atoms with Gasteiger partial charge < -0.3 is 5.73 Å². The van der Waals surface area contributed by atoms with Crippen molar-refractivity contribution in [3.63, 3.8) is 0 Å². The number of sulfonamides is 1. The largest absolute Gasteiger partial charge is 0.398 e. The molecule has 0 fully saturated rings. The fourth-order valence-electron chi connectivity index (χ4n) is 1.91. The SMILES string of the molecule is CCCN(Cc1ccccc1)S(=O)(=O)c1cc(N)cs1. The second-order valence-electron chi connectivity index (χ2n) is 4.52. The molecule has 0 unspecified atom stereocenters. The normalized spacial score (nSPS) is 11.9. The summed E-state index contributed by atoms with van der Waals surface area (Å²) in [6, 6.07) is 11.1. The minimum absolute atomic E-state index is 0.305. The summed E-state index contributed by atoms with van der Waals surface area (Å²) in [4.78, 5) is 0. The van der Waals surface area contributed by atoms with Gasteiger partial charge in [-0.25, -0.2) is 8.42 Å². The molecule has 2 rings (SSSR count). The maximum atomic E-state index is 12.6. The Bertz CT molecular complexity index is 651. The zero-order chi connectivity index (χ0) is 14.6. The molecule has 0 radical (unpaired) electrons. The van der Waals surface area contributed by atoms with Crippen molar-refractivity contribution < 1.29 is 8.42 Å². The Morgan fingerprint density at radius 3 is 2.50 bits per heavy atom. The molecule has 2 aromatic rings. The Morgan fingerprint density at radius 2 is 1.95 bits per heavy atom. The van der Waals surface area contributed by atoms with Crippen LogP contribution in [0.4, 0.5) is 5.69 Å². The van der Waals surface area contributed by atoms with Crippen molar-refractivity contribution in [1.29, 1.82) is 0 Å². The van der Waals surface area contributed by atoms with E-state index in [1.165, 1.54) is 21.7 Å². The summed E-state index contributed by atoms with van der Waals surface area (Å²) in [6.07, 6.45) is 0.771. The molecule has 0 saturated carbocycles. The lowest BCUT2D eigenvalue weighted by Crippen LogP contribution is -2.30. The first-order chi connectivity index (χ1) is 9.54. The Labute approximate surface area is 123 Å². The number of benzene rings is 1. The molecular formula is C14H18N2O2S2. The number of nitrogens with two attached hydrogens (primary N) is 1. The van der Waals surface area contributed by atoms with Crippen LogP contribution in [0.15, 0.2) is 46.0 Å². The van der Waals surface area contributed by atoms with E-state index in [4.69, 9.17) is 5.73 Å². The molecule has 0 aliphatic heterocycles. The summed E-state index contributed by atoms with van der Waals surface area (Å²) in [5, 5.41) is 1.65. The van der Waals surface area contributed by atoms with Crippen LogP contribution in [0, 0.1) is 0 Å². The lowest BCUT2D eigenvalue weighted by Gasteiger charge is -2.20. The van der Waals surface area contributed by atoms with Crippen LogP contribution in [0.2, 0.25) is 0 Å². The maximum Gasteiger partial charge on any atom is 0.252 e. The summed E-state index contributed by atoms with van der Waals surface area (Å²) in [6.45, 7) is 2.85. The Balaban J connectivity index is 2.28. The smallest absolute Gasteiger partial charge is 0.252 e. The first-order valence-corrected chi connectivity index (χ1v) is 8.74. The van der Waals surface area contributed by atoms with E-state index >= 15 is 0 Å². The predicted molar refractivity (Wildman–Crippen MR) is 83.1 cm³/mol. The number of anilines is 1. The molecule has 0 amide bonds. The molecule has 4 nitrogen and oxygen atoms in total. The standard InChI is InChI=1S/C14H18N2O2S2/c1-2-8-16(10-12-6-4-3-5-7-12)20(17,18)14-9-13(15)11-19-14/h3-7,9,11H,2,8,10,15H2,1H3. The predicted octanol–water partition coefficient (Wildman–Crippen LogP) is 2.93. The van der Waals surface area contributed by atoms with Crippen LogP contribution in [0.5, 0.6) is 0 Å². The van der Waals surface area contributed by atoms with Crippen LogP contribution in [-0.2, 0) is 16.6 Å². The van der Waals surface area contributed by atoms with Crippen LogP contribution >= 0.6 is 11.3 Å². The zero-order valence-electron chi connectivity index (χ0n) is 11.3. The van der Waals surface area contributed by atoms with Gasteiger partial charge in [-0.3, -0.25) is 0 Å². The van der Waals surface area contributed by atoms with Gasteiger partial charge in [0.1, 0.15) is 4.21 Å². The van der Waals surface area contributed by atoms with Crippen molar-refractivity contribution in [2.75, 3.05) is 12.3 Å². The molecule has 0 saturated heterocycles. The third-order valence-electron chi connectivity index (χ3n) is 2.86. The first kappa shape index (κ1) is 15.0. The van der Waals surface area contributed by atoms with Gasteiger partial charge in [0.25, 0.3) is 10.0 Å². The highest BCUT2D eigenvalue weighted by atomic mass is 32.2. The molecule has 0 bridgehead atoms. The van der Waals surface area contributed by atoms with Gasteiger partial charge in [-0.1, -0.05) is 37.3 Å². The summed E-state index contributed by atoms with van der Waals surface area (Å²) in [5.41, 5.74) is 7.10. The molecule has 1 aromatic carbocycles. The monoisotopic (exact) mass is 310 g/mol. The highest BCUT2D eigenvalue weighted by Crippen LogP contribution is 2.26. The Morgan fingerprint density at radius 1 is 1.25 bits per heavy atom. The number of hydrogen-bond acceptors (Lipinski definition) is 4. The first-order valence-electron chi connectivity index (χ1n) is 6.42. The summed E-state index contributed by atoms with van der Waals surface area (Å²) in [5.74, 6) is 0. The fourth-order valence-corrected chi connectivity index (χ4v) is 4.67. The van der Waals surface area contributed by atoms with E-state index in [0.29, 0.717) is 23.0 Å². The number of nitrogens with zero attached hydrogens (tertiary/aromatic N) is 1. The molecule has 0 spiro atoms. The number of hydrogen-bond donors (Lipinski definition) is 1. The molecule has 1 heterocycles. The van der Waals surface area contributed by atoms with Gasteiger partial charge in [-0.05, 0) is 18.1 Å². The van der Waals surface area contributed by atoms with Crippen LogP contribution in [0.25, 0.3) is 0 Å². The van der Waals surface area contributed by atoms with Crippen molar-refractivity contribution in [2.45, 2.75) is 24.1 Å². The van der Waals surface area contributed by atoms with Crippen LogP contribution in [-0.4, -0.2) is 19.3 Å². The molecule has 6 heteroatoms. The molecule has 0 atom stereocenters. The summed E-state index contributed by atoms with van der Waals surface area (Å²) in [7, 11) is -3.47. The molecule has 2 N–H and O–H groups in total. The number of nitrogen functional groups attached to an aromatic ring is 1. The fraction of sp³-hybridized carbons (Fsp3) is 0.286. The lowest BCUT2D eigenvalue weighted by molar-refractivity contribution is 0.407. The van der Waals surface area contributed by atoms with Crippen molar-refractivity contribution in [3.8, 4) is 0 Å². The van der Waals surface area contributed by atoms with Crippen molar-refractivity contribution in [3.05, 3.63) is 47.3 Å². The maximum absolute atomic E-state index is 12.6. The molecule has 0 aliphatic rings. The van der Waals surface area contributed by atoms with Crippen molar-refractivity contribution >= 4 is 27.0 Å². The van der Waals surface area contributed by atoms with Crippen LogP contribution in [0.3, 0.4) is 0 Å². The third kappa shape index (κ3) is 3.39. The van der Waals surface area contributed by atoms with Crippen LogP contribution < -0.4 is 5.73 Å². The van der Waals surface area contributed by atoms with Gasteiger partial charge in [-0.2, -0.15) is 4.31 Å². The minimum Gasteiger partial charge on any atom is -0.398 e. The lowest BCUT2D eigenvalue weighted by atomic mass is 10.2. The van der Waals surface area contributed by atoms with Crippen LogP contribution in [0.1, 0.15) is 18.9 Å². The van der Waals surface area contributed by atoms with Gasteiger partial charge in [0.2, 0.25) is 0 Å². The van der Waals surface area contributed by atoms with Crippen molar-refractivity contribution in [2.24, 2.45) is 0 Å². The number of thiophene rings is 1. The third-order valence-corrected chi connectivity index (χ3v) is 6.14. The van der Waals surface area contributed by atoms with Gasteiger partial charge >= 0.3 is 0 Å². The van der Waals surface area contributed by atoms with Gasteiger partial charge in [-0.15, -0.1) is 11.3 Å². The average Bonchev–Trinajstić information content (AvgIpc) is 2.87. The zero-order valence-corrected chi connectivity index (χ0v) is 13.0. The van der Waals surface area contributed by atoms with E-state index in [1.54, 1.807) is 5.38 Å². The molecule has 20 heavy (non-hydrogen) atoms. The van der Waals surface area contributed by atoms with E-state index in [1.807, 2.05) is 37.3 Å². The minimum atomic E-state index is -3.47. The van der Waals surface area contributed by atoms with E-state index in [9.17, 15) is 8.42 Å². The quantitative estimate of drug-likeness (QED) is 0.892. The molecule has 1 aromatic heterocycles. The van der Waals surface area contributed by atoms with Gasteiger partial charge in [0, 0.05) is 24.2 Å². The van der Waals surface area contributed by atoms with Crippen molar-refractivity contribution in [1.82, 2.24) is 4.31 Å². The van der Waals surface area contributed by atoms with E-state index < -0.39 is 10.0 Å². The van der Waals surface area contributed by atoms with E-state index in [-0.39, 0.29) is 0 Å². The second kappa shape index (κ2) is 6.39. The molecule has 0 aliphatic carbocycles. The summed E-state index contributed by atoms with van der Waals surface area (Å²) < 4.78 is 27.1. The Kier molecular flexibility index (Phi) is 4.80. The summed E-state index contributed by atoms with van der Waals surface area (Å²) >= 11 is 1.17. The topological polar surface area (TPSA) is 63.4 Å². The molecular weight excluding hydrogens is 292 g/mol. The average molecular weight is 310 g/mol. The second-order valence-corrected chi connectivity index (χ2v) is 7.60. The van der Waals surface area contributed by atoms with E-state index in [2.05, 4.69) is 0 Å². The van der Waals surface area contributed by atoms with Gasteiger partial charge in [0.15, 0.2) is 0 Å².